The average Bonchev–Trinajstić information content (AvgIpc) is 2.99. The molecule has 1 amide bonds. The van der Waals surface area contributed by atoms with Gasteiger partial charge in [-0.2, -0.15) is 9.78 Å². The molecule has 0 aliphatic heterocycles. The first-order valence-corrected chi connectivity index (χ1v) is 9.16. The molecule has 0 spiro atoms. The maximum absolute atomic E-state index is 12.2. The number of anilines is 2. The van der Waals surface area contributed by atoms with Crippen molar-refractivity contribution < 1.29 is 4.79 Å². The fraction of sp³-hybridized carbons (Fsp3) is 0.235. The van der Waals surface area contributed by atoms with Gasteiger partial charge < -0.3 is 15.5 Å². The molecule has 0 atom stereocenters. The van der Waals surface area contributed by atoms with Crippen LogP contribution in [-0.2, 0) is 4.79 Å². The van der Waals surface area contributed by atoms with E-state index in [0.29, 0.717) is 38.6 Å². The van der Waals surface area contributed by atoms with Crippen molar-refractivity contribution >= 4 is 51.0 Å². The van der Waals surface area contributed by atoms with Crippen LogP contribution in [0, 0.1) is 3.70 Å². The van der Waals surface area contributed by atoms with E-state index in [1.165, 1.54) is 11.2 Å². The number of nitrogens with two attached hydrogens (primary N) is 1. The average molecular weight is 478 g/mol. The number of carbonyl (C=O) groups is 1. The van der Waals surface area contributed by atoms with Crippen LogP contribution in [0.2, 0.25) is 0 Å². The zero-order valence-corrected chi connectivity index (χ0v) is 17.3. The van der Waals surface area contributed by atoms with Gasteiger partial charge in [0.25, 0.3) is 0 Å². The minimum absolute atomic E-state index is 0.119. The monoisotopic (exact) mass is 478 g/mol. The van der Waals surface area contributed by atoms with Gasteiger partial charge in [-0.1, -0.05) is 6.08 Å². The fourth-order valence-corrected chi connectivity index (χ4v) is 3.13. The molecular formula is C17H19IN8O. The molecule has 0 radical (unpaired) electrons. The Hall–Kier alpha value is -2.60. The fourth-order valence-electron chi connectivity index (χ4n) is 2.40. The number of fused-ring (bicyclic) bond motifs is 1. The van der Waals surface area contributed by atoms with Crippen LogP contribution in [0.15, 0.2) is 36.8 Å². The number of halogens is 1. The van der Waals surface area contributed by atoms with E-state index >= 15 is 0 Å². The highest BCUT2D eigenvalue weighted by Crippen LogP contribution is 2.25. The van der Waals surface area contributed by atoms with Crippen molar-refractivity contribution in [3.05, 3.63) is 40.5 Å². The van der Waals surface area contributed by atoms with Crippen molar-refractivity contribution in [2.75, 3.05) is 38.3 Å². The van der Waals surface area contributed by atoms with Crippen molar-refractivity contribution in [1.82, 2.24) is 29.6 Å². The summed E-state index contributed by atoms with van der Waals surface area (Å²) < 4.78 is 2.31. The first kappa shape index (κ1) is 19.2. The number of amides is 1. The third kappa shape index (κ3) is 4.06. The van der Waals surface area contributed by atoms with Crippen LogP contribution in [-0.4, -0.2) is 63.2 Å². The first-order valence-electron chi connectivity index (χ1n) is 8.08. The molecule has 3 aromatic rings. The smallest absolute Gasteiger partial charge is 0.250 e. The van der Waals surface area contributed by atoms with E-state index in [1.54, 1.807) is 30.1 Å². The van der Waals surface area contributed by atoms with Crippen LogP contribution in [0.3, 0.4) is 0 Å². The van der Waals surface area contributed by atoms with Gasteiger partial charge in [-0.05, 0) is 48.8 Å². The summed E-state index contributed by atoms with van der Waals surface area (Å²) >= 11 is 2.09. The summed E-state index contributed by atoms with van der Waals surface area (Å²) in [5, 5.41) is 5.15. The zero-order valence-electron chi connectivity index (χ0n) is 15.2. The molecule has 0 saturated heterocycles. The summed E-state index contributed by atoms with van der Waals surface area (Å²) in [5.41, 5.74) is 7.19. The number of nitrogen functional groups attached to an aromatic ring is 1. The lowest BCUT2D eigenvalue weighted by Gasteiger charge is -2.15. The van der Waals surface area contributed by atoms with E-state index in [0.717, 1.165) is 0 Å². The second-order valence-electron chi connectivity index (χ2n) is 6.10. The molecule has 0 aliphatic rings. The van der Waals surface area contributed by atoms with Gasteiger partial charge in [0.15, 0.2) is 11.5 Å². The van der Waals surface area contributed by atoms with Crippen molar-refractivity contribution in [1.29, 1.82) is 0 Å². The van der Waals surface area contributed by atoms with Crippen molar-refractivity contribution in [2.24, 2.45) is 0 Å². The molecule has 3 heterocycles. The third-order valence-corrected chi connectivity index (χ3v) is 4.60. The lowest BCUT2D eigenvalue weighted by Crippen LogP contribution is -2.24. The second kappa shape index (κ2) is 7.96. The summed E-state index contributed by atoms with van der Waals surface area (Å²) in [6.45, 7) is 0.701. The van der Waals surface area contributed by atoms with Gasteiger partial charge in [-0.25, -0.2) is 15.0 Å². The Morgan fingerprint density at radius 1 is 1.26 bits per heavy atom. The highest BCUT2D eigenvalue weighted by Gasteiger charge is 2.16. The Kier molecular flexibility index (Phi) is 5.65. The van der Waals surface area contributed by atoms with E-state index < -0.39 is 0 Å². The molecule has 2 N–H and O–H groups in total. The van der Waals surface area contributed by atoms with Gasteiger partial charge in [-0.15, -0.1) is 0 Å². The Balaban J connectivity index is 1.85. The summed E-state index contributed by atoms with van der Waals surface area (Å²) in [4.78, 5) is 28.4. The Labute approximate surface area is 170 Å². The molecule has 0 fully saturated rings. The normalized spacial score (nSPS) is 11.6. The van der Waals surface area contributed by atoms with Crippen molar-refractivity contribution in [3.63, 3.8) is 0 Å². The molecule has 0 saturated carbocycles. The van der Waals surface area contributed by atoms with E-state index in [1.807, 2.05) is 31.1 Å². The quantitative estimate of drug-likeness (QED) is 0.438. The second-order valence-corrected chi connectivity index (χ2v) is 7.12. The van der Waals surface area contributed by atoms with Crippen LogP contribution in [0.5, 0.6) is 0 Å². The number of carbonyl (C=O) groups excluding carboxylic acids is 1. The van der Waals surface area contributed by atoms with Crippen molar-refractivity contribution in [2.45, 2.75) is 0 Å². The predicted octanol–water partition coefficient (Wildman–Crippen LogP) is 1.48. The van der Waals surface area contributed by atoms with Gasteiger partial charge >= 0.3 is 0 Å². The van der Waals surface area contributed by atoms with Gasteiger partial charge in [0.05, 0.1) is 17.3 Å². The SMILES string of the molecule is CN(C)CC=CC(=O)N(C)c1ccc(-n2nc(I)c3c(N)ncnc32)nc1. The molecule has 0 unspecified atom stereocenters. The third-order valence-electron chi connectivity index (χ3n) is 3.85. The largest absolute Gasteiger partial charge is 0.383 e. The molecule has 9 nitrogen and oxygen atoms in total. The maximum atomic E-state index is 12.2. The molecule has 3 rings (SSSR count). The van der Waals surface area contributed by atoms with Crippen LogP contribution in [0.4, 0.5) is 11.5 Å². The number of nitrogens with zero attached hydrogens (tertiary/aromatic N) is 7. The Morgan fingerprint density at radius 3 is 2.70 bits per heavy atom. The van der Waals surface area contributed by atoms with Crippen LogP contribution >= 0.6 is 22.6 Å². The number of rotatable bonds is 5. The minimum atomic E-state index is -0.119. The molecule has 0 aromatic carbocycles. The van der Waals surface area contributed by atoms with Crippen LogP contribution in [0.25, 0.3) is 16.9 Å². The number of aromatic nitrogens is 5. The first-order chi connectivity index (χ1) is 12.9. The lowest BCUT2D eigenvalue weighted by molar-refractivity contribution is -0.113. The summed E-state index contributed by atoms with van der Waals surface area (Å²) in [6, 6.07) is 3.59. The van der Waals surface area contributed by atoms with E-state index in [9.17, 15) is 4.79 Å². The van der Waals surface area contributed by atoms with Crippen LogP contribution in [0.1, 0.15) is 0 Å². The Morgan fingerprint density at radius 2 is 2.04 bits per heavy atom. The molecule has 0 aliphatic carbocycles. The summed E-state index contributed by atoms with van der Waals surface area (Å²) in [5.74, 6) is 0.835. The topological polar surface area (TPSA) is 106 Å². The molecule has 10 heteroatoms. The standard InChI is InChI=1S/C17H19IN8O/c1-24(2)8-4-5-13(27)25(3)11-6-7-12(20-9-11)26-17-14(15(18)23-26)16(19)21-10-22-17/h4-7,9-10H,8H2,1-3H3,(H2,19,21,22). The summed E-state index contributed by atoms with van der Waals surface area (Å²) in [7, 11) is 5.60. The summed E-state index contributed by atoms with van der Waals surface area (Å²) in [6.07, 6.45) is 6.39. The molecule has 27 heavy (non-hydrogen) atoms. The highest BCUT2D eigenvalue weighted by atomic mass is 127. The highest BCUT2D eigenvalue weighted by molar-refractivity contribution is 14.1. The van der Waals surface area contributed by atoms with Gasteiger partial charge in [0, 0.05) is 19.7 Å². The number of likely N-dealkylation sites (N-methyl/N-ethyl adjacent to an activating group) is 2. The molecule has 140 valence electrons. The van der Waals surface area contributed by atoms with E-state index in [2.05, 4.69) is 42.6 Å². The van der Waals surface area contributed by atoms with Gasteiger partial charge in [0.1, 0.15) is 15.8 Å². The predicted molar refractivity (Wildman–Crippen MR) is 113 cm³/mol. The molecule has 3 aromatic heterocycles. The number of pyridine rings is 1. The minimum Gasteiger partial charge on any atom is -0.383 e. The number of hydrogen-bond acceptors (Lipinski definition) is 7. The van der Waals surface area contributed by atoms with Gasteiger partial charge in [-0.3, -0.25) is 4.79 Å². The molecular weight excluding hydrogens is 459 g/mol. The zero-order chi connectivity index (χ0) is 19.6. The lowest BCUT2D eigenvalue weighted by atomic mass is 10.3. The molecule has 0 bridgehead atoms. The van der Waals surface area contributed by atoms with Crippen LogP contribution < -0.4 is 10.6 Å². The number of hydrogen-bond donors (Lipinski definition) is 1. The Bertz CT molecular complexity index is 996. The maximum Gasteiger partial charge on any atom is 0.250 e. The van der Waals surface area contributed by atoms with Gasteiger partial charge in [0.2, 0.25) is 5.91 Å². The van der Waals surface area contributed by atoms with E-state index in [4.69, 9.17) is 5.73 Å². The van der Waals surface area contributed by atoms with Crippen molar-refractivity contribution in [3.8, 4) is 5.82 Å². The van der Waals surface area contributed by atoms with E-state index in [-0.39, 0.29) is 5.91 Å².